The van der Waals surface area contributed by atoms with Crippen molar-refractivity contribution < 1.29 is 23.8 Å². The van der Waals surface area contributed by atoms with Crippen LogP contribution in [0.1, 0.15) is 56.2 Å². The van der Waals surface area contributed by atoms with E-state index in [4.69, 9.17) is 11.2 Å². The van der Waals surface area contributed by atoms with E-state index in [-0.39, 0.29) is 30.7 Å². The van der Waals surface area contributed by atoms with Crippen LogP contribution in [0.5, 0.6) is 5.75 Å². The van der Waals surface area contributed by atoms with Gasteiger partial charge in [0.1, 0.15) is 11.6 Å². The first kappa shape index (κ1) is 31.5. The van der Waals surface area contributed by atoms with Crippen LogP contribution in [0.4, 0.5) is 4.39 Å². The minimum absolute atomic E-state index is 0.0424. The molecule has 1 fully saturated rings. The summed E-state index contributed by atoms with van der Waals surface area (Å²) in [5.74, 6) is 0.954. The lowest BCUT2D eigenvalue weighted by Crippen LogP contribution is -2.49. The maximum absolute atomic E-state index is 14.6. The number of aromatic nitrogens is 1. The molecule has 1 aromatic carbocycles. The number of aryl methyl sites for hydroxylation is 1. The molecule has 3 N–H and O–H groups in total. The normalized spacial score (nSPS) is 23.7. The number of fused-ring (bicyclic) bond motifs is 3. The Morgan fingerprint density at radius 1 is 1.19 bits per heavy atom. The first-order valence-corrected chi connectivity index (χ1v) is 15.1. The highest BCUT2D eigenvalue weighted by molar-refractivity contribution is 5.93. The second kappa shape index (κ2) is 15.1. The fourth-order valence-corrected chi connectivity index (χ4v) is 5.84. The first-order chi connectivity index (χ1) is 20.3. The molecule has 2 aromatic rings. The summed E-state index contributed by atoms with van der Waals surface area (Å²) in [6.45, 7) is 6.31. The lowest BCUT2D eigenvalue weighted by Gasteiger charge is -2.26. The van der Waals surface area contributed by atoms with Crippen LogP contribution in [0.15, 0.2) is 36.7 Å². The third-order valence-corrected chi connectivity index (χ3v) is 8.13. The summed E-state index contributed by atoms with van der Waals surface area (Å²) in [7, 11) is 0. The number of terminal acetylenes is 1. The third kappa shape index (κ3) is 8.30. The Labute approximate surface area is 248 Å². The highest BCUT2D eigenvalue weighted by Gasteiger charge is 2.59. The molecule has 4 rings (SSSR count). The van der Waals surface area contributed by atoms with Gasteiger partial charge >= 0.3 is 0 Å². The number of hydrogen-bond acceptors (Lipinski definition) is 6. The number of nitrogens with one attached hydrogen (secondary N) is 2. The summed E-state index contributed by atoms with van der Waals surface area (Å²) in [4.78, 5) is 33.3. The summed E-state index contributed by atoms with van der Waals surface area (Å²) in [6.07, 6.45) is 11.8. The number of carbonyl (C=O) groups excluding carboxylic acids is 2. The predicted octanol–water partition coefficient (Wildman–Crippen LogP) is 3.26. The van der Waals surface area contributed by atoms with Crippen molar-refractivity contribution in [1.82, 2.24) is 20.5 Å². The molecule has 2 aliphatic rings. The molecule has 1 aliphatic carbocycles. The topological polar surface area (TPSA) is 104 Å². The second-order valence-electron chi connectivity index (χ2n) is 11.4. The summed E-state index contributed by atoms with van der Waals surface area (Å²) in [5, 5.41) is 17.5. The average Bonchev–Trinajstić information content (AvgIpc) is 3.69. The molecule has 0 spiro atoms. The molecular formula is C33H43FN4O4. The van der Waals surface area contributed by atoms with Gasteiger partial charge in [0.25, 0.3) is 0 Å². The van der Waals surface area contributed by atoms with Gasteiger partial charge in [0.2, 0.25) is 11.8 Å². The summed E-state index contributed by atoms with van der Waals surface area (Å²) < 4.78 is 20.4. The van der Waals surface area contributed by atoms with E-state index in [1.54, 1.807) is 12.3 Å². The van der Waals surface area contributed by atoms with Gasteiger partial charge in [-0.3, -0.25) is 14.6 Å². The van der Waals surface area contributed by atoms with Crippen LogP contribution >= 0.6 is 0 Å². The Hall–Kier alpha value is -3.48. The molecule has 0 radical (unpaired) electrons. The van der Waals surface area contributed by atoms with Crippen molar-refractivity contribution in [3.05, 3.63) is 59.2 Å². The van der Waals surface area contributed by atoms with Crippen molar-refractivity contribution in [2.45, 2.75) is 71.1 Å². The number of aliphatic hydroxyl groups excluding tert-OH is 1. The second-order valence-corrected chi connectivity index (χ2v) is 11.4. The van der Waals surface area contributed by atoms with Gasteiger partial charge < -0.3 is 25.4 Å². The SMILES string of the molecule is C#CCC1C2C(=O)N[C@H]([C@H](O)CNCc3cncc(CC)c3)Cc3cc(F)cc(c3)OCCCCN(CCC)C(=O)C12. The number of amides is 2. The highest BCUT2D eigenvalue weighted by Crippen LogP contribution is 2.50. The van der Waals surface area contributed by atoms with E-state index in [0.29, 0.717) is 50.4 Å². The van der Waals surface area contributed by atoms with Crippen molar-refractivity contribution in [3.8, 4) is 18.1 Å². The van der Waals surface area contributed by atoms with E-state index >= 15 is 0 Å². The zero-order valence-corrected chi connectivity index (χ0v) is 24.7. The van der Waals surface area contributed by atoms with Crippen LogP contribution in [-0.4, -0.2) is 65.2 Å². The predicted molar refractivity (Wildman–Crippen MR) is 159 cm³/mol. The summed E-state index contributed by atoms with van der Waals surface area (Å²) in [6, 6.07) is 5.81. The number of hydrogen-bond donors (Lipinski definition) is 3. The molecule has 5 atom stereocenters. The number of nitrogens with zero attached hydrogens (tertiary/aromatic N) is 2. The lowest BCUT2D eigenvalue weighted by molar-refractivity contribution is -0.135. The van der Waals surface area contributed by atoms with Gasteiger partial charge in [0.15, 0.2) is 0 Å². The molecule has 2 bridgehead atoms. The molecule has 1 aliphatic heterocycles. The number of rotatable bonds is 9. The fraction of sp³-hybridized carbons (Fsp3) is 0.545. The molecule has 42 heavy (non-hydrogen) atoms. The summed E-state index contributed by atoms with van der Waals surface area (Å²) >= 11 is 0. The maximum atomic E-state index is 14.6. The van der Waals surface area contributed by atoms with Crippen LogP contribution < -0.4 is 15.4 Å². The zero-order chi connectivity index (χ0) is 30.1. The first-order valence-electron chi connectivity index (χ1n) is 15.1. The van der Waals surface area contributed by atoms with Crippen LogP contribution in [-0.2, 0) is 29.0 Å². The van der Waals surface area contributed by atoms with Crippen LogP contribution in [0, 0.1) is 35.9 Å². The van der Waals surface area contributed by atoms with Gasteiger partial charge in [-0.25, -0.2) is 4.39 Å². The van der Waals surface area contributed by atoms with Crippen molar-refractivity contribution in [2.75, 3.05) is 26.2 Å². The molecule has 0 saturated heterocycles. The van der Waals surface area contributed by atoms with Gasteiger partial charge in [0, 0.05) is 51.1 Å². The number of benzene rings is 1. The van der Waals surface area contributed by atoms with Crippen LogP contribution in [0.25, 0.3) is 0 Å². The Kier molecular flexibility index (Phi) is 11.3. The standard InChI is InChI=1S/C33H43FN4O4/c1-4-9-27-30-31(27)33(41)38(10-5-2)11-7-8-12-42-26-15-23(14-25(34)17-26)16-28(37-32(30)40)29(39)21-36-20-24-13-22(6-3)18-35-19-24/h1,13-15,17-19,27-31,36,39H,5-12,16,20-21H2,2-3H3,(H,37,40)/t27?,28-,29+,30?,31?/m0/s1. The van der Waals surface area contributed by atoms with E-state index in [0.717, 1.165) is 30.4 Å². The average molecular weight is 579 g/mol. The number of aliphatic hydroxyl groups is 1. The number of pyridine rings is 1. The lowest BCUT2D eigenvalue weighted by atomic mass is 10.00. The molecule has 8 nitrogen and oxygen atoms in total. The minimum atomic E-state index is -0.988. The molecule has 226 valence electrons. The molecular weight excluding hydrogens is 535 g/mol. The number of ether oxygens (including phenoxy) is 1. The Balaban J connectivity index is 1.55. The van der Waals surface area contributed by atoms with Gasteiger partial charge in [-0.1, -0.05) is 19.9 Å². The van der Waals surface area contributed by atoms with E-state index in [1.807, 2.05) is 18.0 Å². The smallest absolute Gasteiger partial charge is 0.226 e. The monoisotopic (exact) mass is 578 g/mol. The molecule has 3 unspecified atom stereocenters. The third-order valence-electron chi connectivity index (χ3n) is 8.13. The van der Waals surface area contributed by atoms with Crippen molar-refractivity contribution in [2.24, 2.45) is 17.8 Å². The Bertz CT molecular complexity index is 1260. The van der Waals surface area contributed by atoms with Gasteiger partial charge in [-0.15, -0.1) is 12.3 Å². The van der Waals surface area contributed by atoms with E-state index in [2.05, 4.69) is 34.5 Å². The minimum Gasteiger partial charge on any atom is -0.493 e. The fourth-order valence-electron chi connectivity index (χ4n) is 5.84. The molecule has 2 amide bonds. The van der Waals surface area contributed by atoms with Crippen molar-refractivity contribution in [3.63, 3.8) is 0 Å². The van der Waals surface area contributed by atoms with Gasteiger partial charge in [-0.05, 0) is 66.8 Å². The largest absolute Gasteiger partial charge is 0.493 e. The quantitative estimate of drug-likeness (QED) is 0.395. The zero-order valence-electron chi connectivity index (χ0n) is 24.7. The van der Waals surface area contributed by atoms with Gasteiger partial charge in [-0.2, -0.15) is 0 Å². The number of carbonyl (C=O) groups is 2. The Morgan fingerprint density at radius 3 is 2.76 bits per heavy atom. The van der Waals surface area contributed by atoms with Crippen molar-refractivity contribution >= 4 is 11.8 Å². The van der Waals surface area contributed by atoms with Crippen LogP contribution in [0.3, 0.4) is 0 Å². The summed E-state index contributed by atoms with van der Waals surface area (Å²) in [5.41, 5.74) is 2.71. The van der Waals surface area contributed by atoms with E-state index in [9.17, 15) is 19.1 Å². The van der Waals surface area contributed by atoms with Crippen LogP contribution in [0.2, 0.25) is 0 Å². The van der Waals surface area contributed by atoms with E-state index < -0.39 is 29.8 Å². The van der Waals surface area contributed by atoms with Crippen molar-refractivity contribution in [1.29, 1.82) is 0 Å². The molecule has 2 heterocycles. The molecule has 9 heteroatoms. The number of halogens is 1. The maximum Gasteiger partial charge on any atom is 0.226 e. The molecule has 1 saturated carbocycles. The highest BCUT2D eigenvalue weighted by atomic mass is 19.1. The molecule has 1 aromatic heterocycles. The van der Waals surface area contributed by atoms with E-state index in [1.165, 1.54) is 12.1 Å². The van der Waals surface area contributed by atoms with Gasteiger partial charge in [0.05, 0.1) is 30.6 Å². The Morgan fingerprint density at radius 2 is 2.00 bits per heavy atom.